The molecule has 35 heavy (non-hydrogen) atoms. The summed E-state index contributed by atoms with van der Waals surface area (Å²) < 4.78 is 11.4. The fourth-order valence-corrected chi connectivity index (χ4v) is 5.13. The third-order valence-corrected chi connectivity index (χ3v) is 7.07. The molecule has 1 saturated carbocycles. The van der Waals surface area contributed by atoms with Gasteiger partial charge in [-0.15, -0.1) is 0 Å². The summed E-state index contributed by atoms with van der Waals surface area (Å²) in [6.07, 6.45) is 9.54. The molecule has 2 aromatic rings. The highest BCUT2D eigenvalue weighted by Crippen LogP contribution is 2.43. The quantitative estimate of drug-likeness (QED) is 0.217. The fraction of sp³-hybridized carbons (Fsp3) is 0.433. The van der Waals surface area contributed by atoms with E-state index in [9.17, 15) is 14.4 Å². The molecule has 5 heteroatoms. The van der Waals surface area contributed by atoms with Crippen molar-refractivity contribution in [3.63, 3.8) is 0 Å². The predicted octanol–water partition coefficient (Wildman–Crippen LogP) is 6.32. The number of ether oxygens (including phenoxy) is 2. The first-order chi connectivity index (χ1) is 17.0. The van der Waals surface area contributed by atoms with Gasteiger partial charge in [-0.3, -0.25) is 9.59 Å². The van der Waals surface area contributed by atoms with Crippen molar-refractivity contribution in [2.24, 2.45) is 11.8 Å². The van der Waals surface area contributed by atoms with E-state index in [-0.39, 0.29) is 29.7 Å². The summed E-state index contributed by atoms with van der Waals surface area (Å²) in [7, 11) is 0. The topological polar surface area (TPSA) is 69.7 Å². The molecule has 0 bridgehead atoms. The number of benzene rings is 2. The number of fused-ring (bicyclic) bond motifs is 1. The molecule has 1 saturated heterocycles. The van der Waals surface area contributed by atoms with Crippen LogP contribution >= 0.6 is 0 Å². The van der Waals surface area contributed by atoms with Crippen molar-refractivity contribution >= 4 is 17.7 Å². The number of hydrogen-bond acceptors (Lipinski definition) is 5. The molecular formula is C30H34O5. The molecule has 4 rings (SSSR count). The summed E-state index contributed by atoms with van der Waals surface area (Å²) in [4.78, 5) is 37.2. The number of carbonyl (C=O) groups is 3. The van der Waals surface area contributed by atoms with Crippen LogP contribution in [0, 0.1) is 11.8 Å². The van der Waals surface area contributed by atoms with Crippen LogP contribution in [0.2, 0.25) is 0 Å². The van der Waals surface area contributed by atoms with Gasteiger partial charge in [0.15, 0.2) is 5.78 Å². The fourth-order valence-electron chi connectivity index (χ4n) is 5.13. The van der Waals surface area contributed by atoms with E-state index in [1.807, 2.05) is 48.5 Å². The first-order valence-electron chi connectivity index (χ1n) is 12.8. The van der Waals surface area contributed by atoms with Crippen LogP contribution < -0.4 is 0 Å². The maximum atomic E-state index is 12.9. The van der Waals surface area contributed by atoms with Gasteiger partial charge in [0.2, 0.25) is 0 Å². The van der Waals surface area contributed by atoms with E-state index in [1.165, 1.54) is 12.8 Å². The number of unbranched alkanes of at least 4 members (excludes halogenated alkanes) is 4. The van der Waals surface area contributed by atoms with Gasteiger partial charge in [-0.05, 0) is 35.8 Å². The van der Waals surface area contributed by atoms with E-state index >= 15 is 0 Å². The number of carbonyl (C=O) groups excluding carboxylic acids is 3. The Kier molecular flexibility index (Phi) is 8.51. The summed E-state index contributed by atoms with van der Waals surface area (Å²) in [5.74, 6) is -0.808. The number of hydrogen-bond donors (Lipinski definition) is 0. The second-order valence-electron chi connectivity index (χ2n) is 9.59. The minimum absolute atomic E-state index is 0.0608. The van der Waals surface area contributed by atoms with Gasteiger partial charge in [0, 0.05) is 24.7 Å². The van der Waals surface area contributed by atoms with Gasteiger partial charge in [0.1, 0.15) is 12.2 Å². The van der Waals surface area contributed by atoms with Crippen molar-refractivity contribution in [3.8, 4) is 11.1 Å². The van der Waals surface area contributed by atoms with Crippen LogP contribution in [-0.4, -0.2) is 29.9 Å². The third kappa shape index (κ3) is 6.47. The standard InChI is InChI=1S/C30H34O5/c1-2-3-4-5-9-12-24(31)17-18-25-26-19-29(32)34-28(26)20-27(25)35-30(33)23-15-13-22(14-16-23)21-10-7-6-8-11-21/h6-8,10-11,13-18,25-28H,2-5,9,12,19-20H2,1H3/b18-17+/t25-,26-,27-,28+/m1/s1. The molecule has 2 aromatic carbocycles. The zero-order valence-electron chi connectivity index (χ0n) is 20.4. The van der Waals surface area contributed by atoms with Crippen LogP contribution in [0.5, 0.6) is 0 Å². The van der Waals surface area contributed by atoms with Crippen molar-refractivity contribution in [2.75, 3.05) is 0 Å². The van der Waals surface area contributed by atoms with Crippen molar-refractivity contribution < 1.29 is 23.9 Å². The minimum atomic E-state index is -0.423. The lowest BCUT2D eigenvalue weighted by atomic mass is 9.91. The van der Waals surface area contributed by atoms with Gasteiger partial charge in [0.25, 0.3) is 0 Å². The molecular weight excluding hydrogens is 440 g/mol. The van der Waals surface area contributed by atoms with Gasteiger partial charge in [-0.25, -0.2) is 4.79 Å². The molecule has 0 radical (unpaired) electrons. The molecule has 0 spiro atoms. The van der Waals surface area contributed by atoms with Crippen molar-refractivity contribution in [1.82, 2.24) is 0 Å². The van der Waals surface area contributed by atoms with Crippen LogP contribution in [-0.2, 0) is 19.1 Å². The molecule has 0 aromatic heterocycles. The van der Waals surface area contributed by atoms with Crippen LogP contribution in [0.15, 0.2) is 66.7 Å². The lowest BCUT2D eigenvalue weighted by Crippen LogP contribution is -2.25. The molecule has 1 heterocycles. The number of allylic oxidation sites excluding steroid dienone is 1. The van der Waals surface area contributed by atoms with Gasteiger partial charge in [-0.1, -0.05) is 81.1 Å². The van der Waals surface area contributed by atoms with E-state index < -0.39 is 12.1 Å². The minimum Gasteiger partial charge on any atom is -0.462 e. The molecule has 2 fully saturated rings. The van der Waals surface area contributed by atoms with Gasteiger partial charge in [0.05, 0.1) is 12.0 Å². The number of ketones is 1. The van der Waals surface area contributed by atoms with Crippen molar-refractivity contribution in [3.05, 3.63) is 72.3 Å². The molecule has 0 unspecified atom stereocenters. The van der Waals surface area contributed by atoms with Crippen LogP contribution in [0.25, 0.3) is 11.1 Å². The lowest BCUT2D eigenvalue weighted by Gasteiger charge is -2.20. The molecule has 184 valence electrons. The SMILES string of the molecule is CCCCCCCC(=O)/C=C/[C@@H]1[C@H]2CC(=O)O[C@H]2C[C@H]1OC(=O)c1ccc(-c2ccccc2)cc1. The van der Waals surface area contributed by atoms with Gasteiger partial charge in [-0.2, -0.15) is 0 Å². The Morgan fingerprint density at radius 2 is 1.69 bits per heavy atom. The molecule has 0 amide bonds. The number of rotatable bonds is 11. The molecule has 5 nitrogen and oxygen atoms in total. The Morgan fingerprint density at radius 1 is 0.971 bits per heavy atom. The Bertz CT molecular complexity index is 1040. The average molecular weight is 475 g/mol. The van der Waals surface area contributed by atoms with Gasteiger partial charge < -0.3 is 9.47 Å². The number of esters is 2. The Morgan fingerprint density at radius 3 is 2.43 bits per heavy atom. The highest BCUT2D eigenvalue weighted by molar-refractivity contribution is 5.91. The normalized spacial score (nSPS) is 23.3. The Labute approximate surface area is 207 Å². The van der Waals surface area contributed by atoms with Crippen molar-refractivity contribution in [2.45, 2.75) is 70.5 Å². The van der Waals surface area contributed by atoms with E-state index in [2.05, 4.69) is 6.92 Å². The molecule has 2 aliphatic rings. The summed E-state index contributed by atoms with van der Waals surface area (Å²) >= 11 is 0. The van der Waals surface area contributed by atoms with Crippen LogP contribution in [0.3, 0.4) is 0 Å². The molecule has 1 aliphatic carbocycles. The summed E-state index contributed by atoms with van der Waals surface area (Å²) in [5.41, 5.74) is 2.58. The predicted molar refractivity (Wildman–Crippen MR) is 135 cm³/mol. The maximum absolute atomic E-state index is 12.9. The van der Waals surface area contributed by atoms with E-state index in [0.29, 0.717) is 24.8 Å². The van der Waals surface area contributed by atoms with Crippen molar-refractivity contribution in [1.29, 1.82) is 0 Å². The molecule has 1 aliphatic heterocycles. The molecule has 0 N–H and O–H groups in total. The van der Waals surface area contributed by atoms with E-state index in [0.717, 1.165) is 30.4 Å². The average Bonchev–Trinajstić information content (AvgIpc) is 3.38. The van der Waals surface area contributed by atoms with E-state index in [4.69, 9.17) is 9.47 Å². The third-order valence-electron chi connectivity index (χ3n) is 7.07. The second kappa shape index (κ2) is 12.0. The van der Waals surface area contributed by atoms with Crippen LogP contribution in [0.4, 0.5) is 0 Å². The highest BCUT2D eigenvalue weighted by Gasteiger charge is 2.50. The maximum Gasteiger partial charge on any atom is 0.338 e. The smallest absolute Gasteiger partial charge is 0.338 e. The Hall–Kier alpha value is -3.21. The highest BCUT2D eigenvalue weighted by atomic mass is 16.6. The first kappa shape index (κ1) is 24.9. The summed E-state index contributed by atoms with van der Waals surface area (Å²) in [6.45, 7) is 2.17. The monoisotopic (exact) mass is 474 g/mol. The summed E-state index contributed by atoms with van der Waals surface area (Å²) in [5, 5.41) is 0. The lowest BCUT2D eigenvalue weighted by molar-refractivity contribution is -0.141. The zero-order chi connectivity index (χ0) is 24.6. The van der Waals surface area contributed by atoms with Crippen LogP contribution in [0.1, 0.15) is 68.6 Å². The van der Waals surface area contributed by atoms with Gasteiger partial charge >= 0.3 is 11.9 Å². The Balaban J connectivity index is 1.38. The second-order valence-corrected chi connectivity index (χ2v) is 9.59. The summed E-state index contributed by atoms with van der Waals surface area (Å²) in [6, 6.07) is 17.3. The largest absolute Gasteiger partial charge is 0.462 e. The first-order valence-corrected chi connectivity index (χ1v) is 12.8. The zero-order valence-corrected chi connectivity index (χ0v) is 20.4. The van der Waals surface area contributed by atoms with E-state index in [1.54, 1.807) is 18.2 Å². The molecule has 4 atom stereocenters.